The Morgan fingerprint density at radius 3 is 2.33 bits per heavy atom. The first-order valence-electron chi connectivity index (χ1n) is 7.20. The number of anilines is 1. The third kappa shape index (κ3) is 3.52. The molecule has 0 saturated carbocycles. The molecule has 0 aliphatic rings. The second kappa shape index (κ2) is 7.20. The average Bonchev–Trinajstić information content (AvgIpc) is 2.59. The standard InChI is InChI=1S/C19H13BrFNOS/c20-15-11-16(21)17(22-19(23)12-6-2-1-3-7-12)10-14(15)13-8-4-5-9-18(13)24/h1-11,24H,(H,22,23). The van der Waals surface area contributed by atoms with Gasteiger partial charge in [0.25, 0.3) is 5.91 Å². The van der Waals surface area contributed by atoms with Crippen LogP contribution in [0.15, 0.2) is 76.1 Å². The van der Waals surface area contributed by atoms with Gasteiger partial charge in [0.05, 0.1) is 5.69 Å². The maximum Gasteiger partial charge on any atom is 0.255 e. The van der Waals surface area contributed by atoms with Gasteiger partial charge in [-0.1, -0.05) is 52.3 Å². The van der Waals surface area contributed by atoms with Crippen molar-refractivity contribution in [3.8, 4) is 11.1 Å². The Morgan fingerprint density at radius 2 is 1.62 bits per heavy atom. The highest BCUT2D eigenvalue weighted by Crippen LogP contribution is 2.36. The van der Waals surface area contributed by atoms with Gasteiger partial charge in [-0.3, -0.25) is 4.79 Å². The molecule has 120 valence electrons. The zero-order valence-corrected chi connectivity index (χ0v) is 14.9. The normalized spacial score (nSPS) is 10.5. The molecule has 24 heavy (non-hydrogen) atoms. The number of carbonyl (C=O) groups is 1. The number of amides is 1. The van der Waals surface area contributed by atoms with Crippen molar-refractivity contribution in [1.29, 1.82) is 0 Å². The lowest BCUT2D eigenvalue weighted by Gasteiger charge is -2.12. The van der Waals surface area contributed by atoms with Crippen molar-refractivity contribution in [3.05, 3.63) is 82.6 Å². The molecule has 0 saturated heterocycles. The van der Waals surface area contributed by atoms with E-state index in [1.54, 1.807) is 30.3 Å². The highest BCUT2D eigenvalue weighted by Gasteiger charge is 2.14. The van der Waals surface area contributed by atoms with Crippen molar-refractivity contribution < 1.29 is 9.18 Å². The van der Waals surface area contributed by atoms with Crippen LogP contribution >= 0.6 is 28.6 Å². The molecule has 1 amide bonds. The van der Waals surface area contributed by atoms with Crippen LogP contribution < -0.4 is 5.32 Å². The Labute approximate surface area is 153 Å². The monoisotopic (exact) mass is 401 g/mol. The topological polar surface area (TPSA) is 29.1 Å². The van der Waals surface area contributed by atoms with Crippen LogP contribution in [0.2, 0.25) is 0 Å². The molecule has 2 nitrogen and oxygen atoms in total. The summed E-state index contributed by atoms with van der Waals surface area (Å²) in [6, 6.07) is 19.1. The van der Waals surface area contributed by atoms with Crippen LogP contribution in [-0.2, 0) is 0 Å². The Bertz CT molecular complexity index is 899. The molecule has 0 aliphatic carbocycles. The lowest BCUT2D eigenvalue weighted by molar-refractivity contribution is 0.102. The van der Waals surface area contributed by atoms with E-state index < -0.39 is 5.82 Å². The van der Waals surface area contributed by atoms with Gasteiger partial charge in [0, 0.05) is 14.9 Å². The van der Waals surface area contributed by atoms with Crippen molar-refractivity contribution in [3.63, 3.8) is 0 Å². The molecular weight excluding hydrogens is 389 g/mol. The minimum absolute atomic E-state index is 0.124. The number of thiol groups is 1. The molecule has 0 unspecified atom stereocenters. The second-order valence-electron chi connectivity index (χ2n) is 5.15. The van der Waals surface area contributed by atoms with Gasteiger partial charge in [-0.25, -0.2) is 4.39 Å². The predicted octanol–water partition coefficient (Wildman–Crippen LogP) is 5.80. The highest BCUT2D eigenvalue weighted by molar-refractivity contribution is 9.10. The van der Waals surface area contributed by atoms with Crippen LogP contribution in [0.3, 0.4) is 0 Å². The zero-order valence-electron chi connectivity index (χ0n) is 12.5. The Kier molecular flexibility index (Phi) is 5.02. The van der Waals surface area contributed by atoms with Gasteiger partial charge in [-0.2, -0.15) is 0 Å². The van der Waals surface area contributed by atoms with E-state index in [2.05, 4.69) is 33.9 Å². The highest BCUT2D eigenvalue weighted by atomic mass is 79.9. The number of hydrogen-bond donors (Lipinski definition) is 2. The number of nitrogens with one attached hydrogen (secondary N) is 1. The van der Waals surface area contributed by atoms with Gasteiger partial charge in [-0.15, -0.1) is 12.6 Å². The van der Waals surface area contributed by atoms with Crippen LogP contribution in [0.25, 0.3) is 11.1 Å². The smallest absolute Gasteiger partial charge is 0.255 e. The molecule has 0 atom stereocenters. The summed E-state index contributed by atoms with van der Waals surface area (Å²) in [5.74, 6) is -0.867. The lowest BCUT2D eigenvalue weighted by atomic mass is 10.0. The SMILES string of the molecule is O=C(Nc1cc(-c2ccccc2S)c(Br)cc1F)c1ccccc1. The van der Waals surface area contributed by atoms with Crippen molar-refractivity contribution >= 4 is 40.2 Å². The molecular formula is C19H13BrFNOS. The number of rotatable bonds is 3. The fourth-order valence-electron chi connectivity index (χ4n) is 2.34. The van der Waals surface area contributed by atoms with Crippen LogP contribution in [0, 0.1) is 5.82 Å². The minimum atomic E-state index is -0.508. The van der Waals surface area contributed by atoms with E-state index >= 15 is 0 Å². The number of halogens is 2. The van der Waals surface area contributed by atoms with Crippen molar-refractivity contribution in [2.75, 3.05) is 5.32 Å². The Hall–Kier alpha value is -2.11. The van der Waals surface area contributed by atoms with Crippen molar-refractivity contribution in [2.45, 2.75) is 4.90 Å². The summed E-state index contributed by atoms with van der Waals surface area (Å²) in [4.78, 5) is 13.0. The summed E-state index contributed by atoms with van der Waals surface area (Å²) in [6.07, 6.45) is 0. The lowest BCUT2D eigenvalue weighted by Crippen LogP contribution is -2.13. The fraction of sp³-hybridized carbons (Fsp3) is 0. The Morgan fingerprint density at radius 1 is 0.958 bits per heavy atom. The molecule has 0 bridgehead atoms. The molecule has 0 radical (unpaired) electrons. The van der Waals surface area contributed by atoms with E-state index in [1.165, 1.54) is 6.07 Å². The first-order chi connectivity index (χ1) is 11.6. The average molecular weight is 402 g/mol. The van der Waals surface area contributed by atoms with Gasteiger partial charge in [0.2, 0.25) is 0 Å². The summed E-state index contributed by atoms with van der Waals surface area (Å²) in [5.41, 5.74) is 2.20. The number of benzene rings is 3. The van der Waals surface area contributed by atoms with Crippen molar-refractivity contribution in [2.24, 2.45) is 0 Å². The van der Waals surface area contributed by atoms with Gasteiger partial charge in [0.1, 0.15) is 5.82 Å². The molecule has 5 heteroatoms. The van der Waals surface area contributed by atoms with Crippen LogP contribution in [-0.4, -0.2) is 5.91 Å². The van der Waals surface area contributed by atoms with Gasteiger partial charge >= 0.3 is 0 Å². The van der Waals surface area contributed by atoms with E-state index in [-0.39, 0.29) is 11.6 Å². The molecule has 0 spiro atoms. The maximum atomic E-state index is 14.3. The molecule has 0 fully saturated rings. The van der Waals surface area contributed by atoms with E-state index in [4.69, 9.17) is 0 Å². The number of carbonyl (C=O) groups excluding carboxylic acids is 1. The van der Waals surface area contributed by atoms with Gasteiger partial charge in [0.15, 0.2) is 0 Å². The summed E-state index contributed by atoms with van der Waals surface area (Å²) < 4.78 is 14.9. The summed E-state index contributed by atoms with van der Waals surface area (Å²) in [5, 5.41) is 2.62. The van der Waals surface area contributed by atoms with Crippen LogP contribution in [0.5, 0.6) is 0 Å². The van der Waals surface area contributed by atoms with Crippen molar-refractivity contribution in [1.82, 2.24) is 0 Å². The van der Waals surface area contributed by atoms with Gasteiger partial charge in [-0.05, 0) is 41.5 Å². The zero-order chi connectivity index (χ0) is 17.1. The molecule has 3 aromatic rings. The van der Waals surface area contributed by atoms with Gasteiger partial charge < -0.3 is 5.32 Å². The molecule has 3 rings (SSSR count). The van der Waals surface area contributed by atoms with E-state index in [0.29, 0.717) is 10.0 Å². The van der Waals surface area contributed by atoms with E-state index in [0.717, 1.165) is 16.0 Å². The maximum absolute atomic E-state index is 14.3. The fourth-order valence-corrected chi connectivity index (χ4v) is 3.15. The molecule has 0 aliphatic heterocycles. The molecule has 3 aromatic carbocycles. The second-order valence-corrected chi connectivity index (χ2v) is 6.49. The van der Waals surface area contributed by atoms with E-state index in [9.17, 15) is 9.18 Å². The minimum Gasteiger partial charge on any atom is -0.319 e. The third-order valence-corrected chi connectivity index (χ3v) is 4.58. The first kappa shape index (κ1) is 16.7. The summed E-state index contributed by atoms with van der Waals surface area (Å²) in [7, 11) is 0. The van der Waals surface area contributed by atoms with Crippen LogP contribution in [0.4, 0.5) is 10.1 Å². The predicted molar refractivity (Wildman–Crippen MR) is 101 cm³/mol. The molecule has 0 aromatic heterocycles. The largest absolute Gasteiger partial charge is 0.319 e. The quantitative estimate of drug-likeness (QED) is 0.533. The molecule has 0 heterocycles. The summed E-state index contributed by atoms with van der Waals surface area (Å²) >= 11 is 7.82. The Balaban J connectivity index is 1.99. The number of hydrogen-bond acceptors (Lipinski definition) is 2. The first-order valence-corrected chi connectivity index (χ1v) is 8.44. The van der Waals surface area contributed by atoms with E-state index in [1.807, 2.05) is 30.3 Å². The third-order valence-electron chi connectivity index (χ3n) is 3.54. The molecule has 1 N–H and O–H groups in total. The summed E-state index contributed by atoms with van der Waals surface area (Å²) in [6.45, 7) is 0. The van der Waals surface area contributed by atoms with Crippen LogP contribution in [0.1, 0.15) is 10.4 Å².